The molecule has 0 bridgehead atoms. The molecule has 5 nitrogen and oxygen atoms in total. The standard InChI is InChI=1S/C14H23F2N3O2/c1-5-17-13-11(15)8-12(16)14(18-13)19(6-7-20-3)10(2)9-21-4/h8,10H,5-7,9H2,1-4H3,(H,17,18). The van der Waals surface area contributed by atoms with E-state index in [-0.39, 0.29) is 17.7 Å². The molecule has 0 aliphatic carbocycles. The fourth-order valence-corrected chi connectivity index (χ4v) is 2.01. The molecule has 0 amide bonds. The highest BCUT2D eigenvalue weighted by atomic mass is 19.1. The van der Waals surface area contributed by atoms with Crippen LogP contribution in [-0.2, 0) is 9.47 Å². The van der Waals surface area contributed by atoms with Crippen molar-refractivity contribution in [1.82, 2.24) is 4.98 Å². The lowest BCUT2D eigenvalue weighted by Crippen LogP contribution is -2.40. The number of aromatic nitrogens is 1. The minimum Gasteiger partial charge on any atom is -0.383 e. The van der Waals surface area contributed by atoms with Crippen LogP contribution < -0.4 is 10.2 Å². The van der Waals surface area contributed by atoms with Gasteiger partial charge in [-0.15, -0.1) is 0 Å². The molecule has 0 aliphatic rings. The molecule has 0 fully saturated rings. The van der Waals surface area contributed by atoms with Gasteiger partial charge >= 0.3 is 0 Å². The van der Waals surface area contributed by atoms with E-state index >= 15 is 0 Å². The molecule has 1 unspecified atom stereocenters. The van der Waals surface area contributed by atoms with Crippen molar-refractivity contribution >= 4 is 11.6 Å². The van der Waals surface area contributed by atoms with E-state index in [1.165, 1.54) is 0 Å². The van der Waals surface area contributed by atoms with Crippen molar-refractivity contribution in [2.45, 2.75) is 19.9 Å². The smallest absolute Gasteiger partial charge is 0.168 e. The minimum atomic E-state index is -0.704. The summed E-state index contributed by atoms with van der Waals surface area (Å²) in [5.41, 5.74) is 0. The van der Waals surface area contributed by atoms with Crippen LogP contribution in [0.25, 0.3) is 0 Å². The maximum absolute atomic E-state index is 14.1. The van der Waals surface area contributed by atoms with E-state index in [1.54, 1.807) is 19.1 Å². The van der Waals surface area contributed by atoms with Gasteiger partial charge in [0.1, 0.15) is 0 Å². The third-order valence-corrected chi connectivity index (χ3v) is 3.00. The van der Waals surface area contributed by atoms with Crippen molar-refractivity contribution in [3.63, 3.8) is 0 Å². The Morgan fingerprint density at radius 2 is 2.00 bits per heavy atom. The lowest BCUT2D eigenvalue weighted by atomic mass is 10.2. The molecular weight excluding hydrogens is 280 g/mol. The third kappa shape index (κ3) is 4.78. The van der Waals surface area contributed by atoms with Gasteiger partial charge in [-0.05, 0) is 13.8 Å². The highest BCUT2D eigenvalue weighted by Crippen LogP contribution is 2.24. The first-order valence-corrected chi connectivity index (χ1v) is 6.89. The van der Waals surface area contributed by atoms with Crippen molar-refractivity contribution < 1.29 is 18.3 Å². The van der Waals surface area contributed by atoms with E-state index in [0.29, 0.717) is 26.3 Å². The van der Waals surface area contributed by atoms with Crippen LogP contribution in [0, 0.1) is 11.6 Å². The Morgan fingerprint density at radius 3 is 2.57 bits per heavy atom. The molecule has 0 saturated carbocycles. The van der Waals surface area contributed by atoms with Gasteiger partial charge in [0.15, 0.2) is 23.3 Å². The Kier molecular flexibility index (Phi) is 7.31. The van der Waals surface area contributed by atoms with Gasteiger partial charge in [-0.1, -0.05) is 0 Å². The monoisotopic (exact) mass is 303 g/mol. The third-order valence-electron chi connectivity index (χ3n) is 3.00. The Bertz CT molecular complexity index is 446. The van der Waals surface area contributed by atoms with E-state index in [4.69, 9.17) is 9.47 Å². The van der Waals surface area contributed by atoms with E-state index in [0.717, 1.165) is 6.07 Å². The SMILES string of the molecule is CCNc1nc(N(CCOC)C(C)COC)c(F)cc1F. The van der Waals surface area contributed by atoms with Gasteiger partial charge in [0.2, 0.25) is 0 Å². The molecule has 1 aromatic rings. The molecule has 21 heavy (non-hydrogen) atoms. The first kappa shape index (κ1) is 17.6. The summed E-state index contributed by atoms with van der Waals surface area (Å²) >= 11 is 0. The lowest BCUT2D eigenvalue weighted by Gasteiger charge is -2.30. The van der Waals surface area contributed by atoms with Gasteiger partial charge in [0, 0.05) is 33.4 Å². The number of hydrogen-bond donors (Lipinski definition) is 1. The first-order chi connectivity index (χ1) is 10.0. The fraction of sp³-hybridized carbons (Fsp3) is 0.643. The number of nitrogens with zero attached hydrogens (tertiary/aromatic N) is 2. The van der Waals surface area contributed by atoms with E-state index in [9.17, 15) is 8.78 Å². The lowest BCUT2D eigenvalue weighted by molar-refractivity contribution is 0.170. The summed E-state index contributed by atoms with van der Waals surface area (Å²) < 4.78 is 37.9. The fourth-order valence-electron chi connectivity index (χ4n) is 2.01. The molecule has 1 atom stereocenters. The van der Waals surface area contributed by atoms with Crippen molar-refractivity contribution in [3.05, 3.63) is 17.7 Å². The number of methoxy groups -OCH3 is 2. The molecular formula is C14H23F2N3O2. The molecule has 0 aromatic carbocycles. The Morgan fingerprint density at radius 1 is 1.29 bits per heavy atom. The quantitative estimate of drug-likeness (QED) is 0.758. The van der Waals surface area contributed by atoms with Gasteiger partial charge in [-0.3, -0.25) is 0 Å². The number of nitrogens with one attached hydrogen (secondary N) is 1. The molecule has 0 aliphatic heterocycles. The van der Waals surface area contributed by atoms with E-state index < -0.39 is 11.6 Å². The van der Waals surface area contributed by atoms with Crippen LogP contribution in [0.5, 0.6) is 0 Å². The number of hydrogen-bond acceptors (Lipinski definition) is 5. The predicted octanol–water partition coefficient (Wildman–Crippen LogP) is 2.28. The second-order valence-corrected chi connectivity index (χ2v) is 4.65. The Balaban J connectivity index is 3.12. The normalized spacial score (nSPS) is 12.3. The summed E-state index contributed by atoms with van der Waals surface area (Å²) in [5, 5.41) is 2.78. The summed E-state index contributed by atoms with van der Waals surface area (Å²) in [6.07, 6.45) is 0. The van der Waals surface area contributed by atoms with Crippen LogP contribution in [0.4, 0.5) is 20.4 Å². The van der Waals surface area contributed by atoms with Crippen molar-refractivity contribution in [3.8, 4) is 0 Å². The highest BCUT2D eigenvalue weighted by molar-refractivity contribution is 5.50. The second-order valence-electron chi connectivity index (χ2n) is 4.65. The highest BCUT2D eigenvalue weighted by Gasteiger charge is 2.21. The Hall–Kier alpha value is -1.47. The van der Waals surface area contributed by atoms with Gasteiger partial charge in [-0.2, -0.15) is 0 Å². The number of halogens is 2. The zero-order valence-corrected chi connectivity index (χ0v) is 12.9. The molecule has 0 radical (unpaired) electrons. The largest absolute Gasteiger partial charge is 0.383 e. The number of rotatable bonds is 9. The average Bonchev–Trinajstić information content (AvgIpc) is 2.44. The van der Waals surface area contributed by atoms with Crippen molar-refractivity contribution in [2.75, 3.05) is 50.7 Å². The van der Waals surface area contributed by atoms with E-state index in [1.807, 2.05) is 13.8 Å². The number of ether oxygens (including phenoxy) is 2. The van der Waals surface area contributed by atoms with Crippen LogP contribution in [0.1, 0.15) is 13.8 Å². The molecule has 120 valence electrons. The van der Waals surface area contributed by atoms with Crippen molar-refractivity contribution in [1.29, 1.82) is 0 Å². The van der Waals surface area contributed by atoms with Crippen LogP contribution in [0.2, 0.25) is 0 Å². The van der Waals surface area contributed by atoms with Crippen LogP contribution in [0.15, 0.2) is 6.07 Å². The number of pyridine rings is 1. The van der Waals surface area contributed by atoms with Crippen molar-refractivity contribution in [2.24, 2.45) is 0 Å². The maximum Gasteiger partial charge on any atom is 0.168 e. The Labute approximate surface area is 124 Å². The van der Waals surface area contributed by atoms with Gasteiger partial charge in [0.25, 0.3) is 0 Å². The molecule has 0 spiro atoms. The first-order valence-electron chi connectivity index (χ1n) is 6.89. The molecule has 1 rings (SSSR count). The molecule has 1 aromatic heterocycles. The number of anilines is 2. The van der Waals surface area contributed by atoms with Crippen LogP contribution >= 0.6 is 0 Å². The minimum absolute atomic E-state index is 0.0425. The zero-order valence-electron chi connectivity index (χ0n) is 12.9. The van der Waals surface area contributed by atoms with Gasteiger partial charge in [0.05, 0.1) is 19.3 Å². The van der Waals surface area contributed by atoms with Gasteiger partial charge in [-0.25, -0.2) is 13.8 Å². The maximum atomic E-state index is 14.1. The molecule has 1 heterocycles. The van der Waals surface area contributed by atoms with E-state index in [2.05, 4.69) is 10.3 Å². The molecule has 7 heteroatoms. The second kappa shape index (κ2) is 8.74. The van der Waals surface area contributed by atoms with Crippen LogP contribution in [0.3, 0.4) is 0 Å². The molecule has 1 N–H and O–H groups in total. The van der Waals surface area contributed by atoms with Crippen LogP contribution in [-0.4, -0.2) is 51.5 Å². The molecule has 0 saturated heterocycles. The summed E-state index contributed by atoms with van der Waals surface area (Å²) in [5.74, 6) is -1.27. The topological polar surface area (TPSA) is 46.6 Å². The zero-order chi connectivity index (χ0) is 15.8. The predicted molar refractivity (Wildman–Crippen MR) is 78.9 cm³/mol. The summed E-state index contributed by atoms with van der Waals surface area (Å²) in [6, 6.07) is 0.728. The summed E-state index contributed by atoms with van der Waals surface area (Å²) in [4.78, 5) is 5.78. The summed E-state index contributed by atoms with van der Waals surface area (Å²) in [7, 11) is 3.14. The van der Waals surface area contributed by atoms with Gasteiger partial charge < -0.3 is 19.7 Å². The summed E-state index contributed by atoms with van der Waals surface area (Å²) in [6.45, 7) is 5.45. The average molecular weight is 303 g/mol.